The van der Waals surface area contributed by atoms with Crippen LogP contribution in [0.1, 0.15) is 48.4 Å². The molecule has 1 saturated carbocycles. The average molecular weight is 649 g/mol. The van der Waals surface area contributed by atoms with Crippen LogP contribution >= 0.6 is 0 Å². The van der Waals surface area contributed by atoms with Crippen molar-refractivity contribution in [3.63, 3.8) is 0 Å². The van der Waals surface area contributed by atoms with Gasteiger partial charge in [-0.2, -0.15) is 0 Å². The highest BCUT2D eigenvalue weighted by atomic mass is 19.4. The van der Waals surface area contributed by atoms with Gasteiger partial charge in [0.2, 0.25) is 5.91 Å². The van der Waals surface area contributed by atoms with E-state index in [1.54, 1.807) is 24.1 Å². The van der Waals surface area contributed by atoms with E-state index < -0.39 is 29.5 Å². The first-order chi connectivity index (χ1) is 22.5. The van der Waals surface area contributed by atoms with Gasteiger partial charge in [-0.15, -0.1) is 13.2 Å². The Morgan fingerprint density at radius 3 is 2.68 bits per heavy atom. The molecule has 248 valence electrons. The molecule has 2 aliphatic heterocycles. The first kappa shape index (κ1) is 31.6. The molecule has 1 amide bonds. The van der Waals surface area contributed by atoms with E-state index >= 15 is 0 Å². The molecule has 3 aromatic rings. The van der Waals surface area contributed by atoms with Crippen molar-refractivity contribution in [2.45, 2.75) is 74.6 Å². The number of benzene rings is 3. The van der Waals surface area contributed by atoms with Crippen LogP contribution in [0.25, 0.3) is 6.08 Å². The number of hydrogen-bond acceptors (Lipinski definition) is 6. The molecular formula is C37H39F3N2O5. The van der Waals surface area contributed by atoms with Gasteiger partial charge >= 0.3 is 6.36 Å². The van der Waals surface area contributed by atoms with Crippen LogP contribution in [-0.2, 0) is 23.1 Å². The maximum atomic E-state index is 13.7. The molecule has 2 N–H and O–H groups in total. The molecule has 1 spiro atoms. The molecule has 1 saturated heterocycles. The van der Waals surface area contributed by atoms with E-state index in [0.717, 1.165) is 30.6 Å². The van der Waals surface area contributed by atoms with Gasteiger partial charge < -0.3 is 24.6 Å². The third-order valence-corrected chi connectivity index (χ3v) is 11.1. The third kappa shape index (κ3) is 5.08. The highest BCUT2D eigenvalue weighted by Crippen LogP contribution is 2.67. The minimum absolute atomic E-state index is 0.0291. The van der Waals surface area contributed by atoms with Gasteiger partial charge in [0.15, 0.2) is 11.5 Å². The molecule has 10 heteroatoms. The quantitative estimate of drug-likeness (QED) is 0.298. The highest BCUT2D eigenvalue weighted by Gasteiger charge is 2.75. The van der Waals surface area contributed by atoms with E-state index in [0.29, 0.717) is 37.0 Å². The van der Waals surface area contributed by atoms with Crippen molar-refractivity contribution >= 4 is 12.0 Å². The molecule has 47 heavy (non-hydrogen) atoms. The summed E-state index contributed by atoms with van der Waals surface area (Å²) >= 11 is 0. The number of likely N-dealkylation sites (N-methyl/N-ethyl adjacent to an activating group) is 1. The summed E-state index contributed by atoms with van der Waals surface area (Å²) in [7, 11) is 1.71. The number of aliphatic hydroxyl groups is 1. The van der Waals surface area contributed by atoms with Gasteiger partial charge in [-0.25, -0.2) is 0 Å². The summed E-state index contributed by atoms with van der Waals surface area (Å²) in [5.74, 6) is -0.436. The smallest absolute Gasteiger partial charge is 0.504 e. The van der Waals surface area contributed by atoms with Gasteiger partial charge in [-0.05, 0) is 79.1 Å². The Labute approximate surface area is 272 Å². The van der Waals surface area contributed by atoms with Gasteiger partial charge in [-0.1, -0.05) is 61.9 Å². The Bertz CT molecular complexity index is 1700. The van der Waals surface area contributed by atoms with Gasteiger partial charge in [0.05, 0.1) is 17.1 Å². The molecular weight excluding hydrogens is 609 g/mol. The fourth-order valence-electron chi connectivity index (χ4n) is 9.13. The van der Waals surface area contributed by atoms with E-state index in [1.807, 2.05) is 24.3 Å². The Kier molecular flexibility index (Phi) is 7.79. The first-order valence-corrected chi connectivity index (χ1v) is 16.3. The summed E-state index contributed by atoms with van der Waals surface area (Å²) in [6.45, 7) is 3.62. The molecule has 7 rings (SSSR count). The number of aromatic hydroxyl groups is 1. The van der Waals surface area contributed by atoms with Crippen LogP contribution in [0.15, 0.2) is 72.8 Å². The van der Waals surface area contributed by atoms with Crippen molar-refractivity contribution in [1.82, 2.24) is 9.80 Å². The summed E-state index contributed by atoms with van der Waals surface area (Å²) < 4.78 is 48.9. The number of rotatable bonds is 8. The fraction of sp³-hybridized carbons (Fsp3) is 0.432. The van der Waals surface area contributed by atoms with Crippen LogP contribution in [0.4, 0.5) is 13.2 Å². The zero-order valence-electron chi connectivity index (χ0n) is 26.4. The molecule has 2 aliphatic carbocycles. The van der Waals surface area contributed by atoms with Crippen LogP contribution in [0.3, 0.4) is 0 Å². The van der Waals surface area contributed by atoms with Gasteiger partial charge in [-0.3, -0.25) is 9.69 Å². The molecule has 4 aliphatic rings. The second-order valence-corrected chi connectivity index (χ2v) is 13.3. The molecule has 0 aromatic heterocycles. The number of nitrogens with zero attached hydrogens (tertiary/aromatic N) is 2. The predicted octanol–water partition coefficient (Wildman–Crippen LogP) is 5.86. The lowest BCUT2D eigenvalue weighted by Gasteiger charge is -2.67. The molecule has 2 fully saturated rings. The van der Waals surface area contributed by atoms with Crippen molar-refractivity contribution in [3.8, 4) is 17.2 Å². The second kappa shape index (κ2) is 11.6. The number of phenols is 1. The highest BCUT2D eigenvalue weighted by molar-refractivity contribution is 5.92. The monoisotopic (exact) mass is 648 g/mol. The summed E-state index contributed by atoms with van der Waals surface area (Å²) in [6.07, 6.45) is 0.695. The van der Waals surface area contributed by atoms with E-state index in [4.69, 9.17) is 4.74 Å². The van der Waals surface area contributed by atoms with Crippen molar-refractivity contribution in [1.29, 1.82) is 0 Å². The van der Waals surface area contributed by atoms with Crippen LogP contribution in [-0.4, -0.2) is 76.2 Å². The lowest BCUT2D eigenvalue weighted by Crippen LogP contribution is -2.81. The summed E-state index contributed by atoms with van der Waals surface area (Å²) in [4.78, 5) is 17.7. The zero-order valence-corrected chi connectivity index (χ0v) is 26.4. The van der Waals surface area contributed by atoms with Crippen molar-refractivity contribution < 1.29 is 37.7 Å². The molecule has 0 radical (unpaired) electrons. The molecule has 6 atom stereocenters. The van der Waals surface area contributed by atoms with Gasteiger partial charge in [0, 0.05) is 31.3 Å². The Balaban J connectivity index is 1.21. The van der Waals surface area contributed by atoms with Crippen molar-refractivity contribution in [2.24, 2.45) is 5.92 Å². The molecule has 3 aromatic carbocycles. The van der Waals surface area contributed by atoms with Crippen molar-refractivity contribution in [2.75, 3.05) is 20.1 Å². The number of amides is 1. The van der Waals surface area contributed by atoms with E-state index in [-0.39, 0.29) is 29.4 Å². The van der Waals surface area contributed by atoms with Crippen LogP contribution in [0.5, 0.6) is 17.2 Å². The van der Waals surface area contributed by atoms with Crippen molar-refractivity contribution in [3.05, 3.63) is 95.1 Å². The van der Waals surface area contributed by atoms with Crippen LogP contribution in [0.2, 0.25) is 0 Å². The zero-order chi connectivity index (χ0) is 33.1. The number of ether oxygens (including phenoxy) is 2. The lowest BCUT2D eigenvalue weighted by molar-refractivity contribution is -0.274. The SMILES string of the molecule is CC[C@H]1C[C@H](N(C)C(=O)C=Cc2cccc(OC(F)(F)F)c2)[C@H]2Oc3c(O)ccc4c3[C@@]23CCN(CCc2ccccc2)[C@H](C4)[C@]13O. The maximum absolute atomic E-state index is 13.7. The van der Waals surface area contributed by atoms with Crippen LogP contribution in [0, 0.1) is 5.92 Å². The molecule has 7 nitrogen and oxygen atoms in total. The maximum Gasteiger partial charge on any atom is 0.573 e. The molecule has 0 unspecified atom stereocenters. The number of carbonyl (C=O) groups excluding carboxylic acids is 1. The van der Waals surface area contributed by atoms with Gasteiger partial charge in [0.25, 0.3) is 0 Å². The van der Waals surface area contributed by atoms with Gasteiger partial charge in [0.1, 0.15) is 11.9 Å². The number of halogens is 3. The van der Waals surface area contributed by atoms with Crippen LogP contribution < -0.4 is 9.47 Å². The fourth-order valence-corrected chi connectivity index (χ4v) is 9.13. The Hall–Kier alpha value is -4.02. The third-order valence-electron chi connectivity index (χ3n) is 11.1. The normalized spacial score (nSPS) is 29.3. The van der Waals surface area contributed by atoms with E-state index in [2.05, 4.69) is 28.7 Å². The summed E-state index contributed by atoms with van der Waals surface area (Å²) in [6, 6.07) is 18.8. The number of carbonyl (C=O) groups is 1. The number of piperidine rings is 1. The minimum Gasteiger partial charge on any atom is -0.504 e. The standard InChI is InChI=1S/C37H39F3N2O5/c1-3-26-22-28(41(2)31(44)15-12-24-10-7-11-27(20-24)47-37(38,39)40)34-35-17-19-42(18-16-23-8-5-4-6-9-23)30(36(26,35)45)21-25-13-14-29(43)33(46-34)32(25)35/h4-15,20,26,28,30,34,43,45H,3,16-19,21-22H2,1-2H3/t26-,28-,30+,34+,35-,36+/m0/s1. The number of alkyl halides is 3. The first-order valence-electron chi connectivity index (χ1n) is 16.3. The largest absolute Gasteiger partial charge is 0.573 e. The molecule has 2 bridgehead atoms. The average Bonchev–Trinajstić information content (AvgIpc) is 3.40. The molecule has 2 heterocycles. The number of likely N-dealkylation sites (tertiary alicyclic amines) is 1. The predicted molar refractivity (Wildman–Crippen MR) is 170 cm³/mol. The Morgan fingerprint density at radius 1 is 1.15 bits per heavy atom. The van der Waals surface area contributed by atoms with E-state index in [9.17, 15) is 28.2 Å². The second-order valence-electron chi connectivity index (χ2n) is 13.3. The summed E-state index contributed by atoms with van der Waals surface area (Å²) in [5, 5.41) is 24.2. The summed E-state index contributed by atoms with van der Waals surface area (Å²) in [5.41, 5.74) is 1.59. The number of hydrogen-bond donors (Lipinski definition) is 2. The minimum atomic E-state index is -4.82. The lowest BCUT2D eigenvalue weighted by atomic mass is 9.45. The van der Waals surface area contributed by atoms with E-state index in [1.165, 1.54) is 35.9 Å². The Morgan fingerprint density at radius 2 is 1.94 bits per heavy atom. The topological polar surface area (TPSA) is 82.5 Å². The number of phenolic OH excluding ortho intramolecular Hbond substituents is 1.